The summed E-state index contributed by atoms with van der Waals surface area (Å²) in [5, 5.41) is 3.16. The van der Waals surface area contributed by atoms with Crippen LogP contribution in [0.5, 0.6) is 5.75 Å². The number of carbonyl (C=O) groups is 2. The fourth-order valence-electron chi connectivity index (χ4n) is 4.76. The first kappa shape index (κ1) is 21.2. The highest BCUT2D eigenvalue weighted by molar-refractivity contribution is 6.01. The molecule has 2 amide bonds. The molecule has 4 rings (SSSR count). The zero-order valence-electron chi connectivity index (χ0n) is 18.3. The van der Waals surface area contributed by atoms with Crippen LogP contribution in [0, 0.1) is 0 Å². The highest BCUT2D eigenvalue weighted by Gasteiger charge is 2.42. The molecule has 2 aromatic carbocycles. The van der Waals surface area contributed by atoms with Gasteiger partial charge in [-0.25, -0.2) is 0 Å². The van der Waals surface area contributed by atoms with E-state index in [1.807, 2.05) is 48.5 Å². The Morgan fingerprint density at radius 2 is 1.90 bits per heavy atom. The van der Waals surface area contributed by atoms with E-state index in [2.05, 4.69) is 11.4 Å². The Hall–Kier alpha value is -3.08. The zero-order chi connectivity index (χ0) is 21.8. The van der Waals surface area contributed by atoms with Gasteiger partial charge in [-0.1, -0.05) is 42.0 Å². The minimum atomic E-state index is -0.465. The number of likely N-dealkylation sites (N-methyl/N-ethyl adjacent to an activating group) is 1. The highest BCUT2D eigenvalue weighted by atomic mass is 16.5. The lowest BCUT2D eigenvalue weighted by atomic mass is 9.79. The summed E-state index contributed by atoms with van der Waals surface area (Å²) in [6.45, 7) is 0.621. The molecule has 1 aliphatic carbocycles. The van der Waals surface area contributed by atoms with Crippen molar-refractivity contribution in [1.82, 2.24) is 10.2 Å². The maximum atomic E-state index is 13.5. The van der Waals surface area contributed by atoms with Crippen LogP contribution in [0.1, 0.15) is 65.5 Å². The van der Waals surface area contributed by atoms with Gasteiger partial charge in [0.05, 0.1) is 19.1 Å². The molecule has 0 saturated carbocycles. The minimum absolute atomic E-state index is 0.0379. The quantitative estimate of drug-likeness (QED) is 0.697. The number of rotatable bonds is 6. The van der Waals surface area contributed by atoms with Crippen molar-refractivity contribution in [1.29, 1.82) is 0 Å². The SMILES string of the molecule is COc1ccc([C@@H]2[C@H](C(=O)NCCC3=CCCCC3)c3ccccc3C(=O)N2C)cc1. The molecule has 1 N–H and O–H groups in total. The van der Waals surface area contributed by atoms with Gasteiger partial charge in [-0.05, 0) is 61.4 Å². The number of allylic oxidation sites excluding steroid dienone is 1. The second-order valence-electron chi connectivity index (χ2n) is 8.35. The lowest BCUT2D eigenvalue weighted by Crippen LogP contribution is -2.45. The van der Waals surface area contributed by atoms with Gasteiger partial charge in [0, 0.05) is 19.2 Å². The second-order valence-corrected chi connectivity index (χ2v) is 8.35. The Kier molecular flexibility index (Phi) is 6.40. The number of carbonyl (C=O) groups excluding carboxylic acids is 2. The number of hydrogen-bond acceptors (Lipinski definition) is 3. The number of benzene rings is 2. The molecule has 0 aromatic heterocycles. The smallest absolute Gasteiger partial charge is 0.254 e. The summed E-state index contributed by atoms with van der Waals surface area (Å²) in [4.78, 5) is 28.2. The van der Waals surface area contributed by atoms with Crippen LogP contribution in [-0.4, -0.2) is 37.4 Å². The van der Waals surface area contributed by atoms with E-state index in [1.165, 1.54) is 18.4 Å². The molecule has 5 nitrogen and oxygen atoms in total. The van der Waals surface area contributed by atoms with E-state index in [0.717, 1.165) is 36.1 Å². The van der Waals surface area contributed by atoms with Crippen LogP contribution in [-0.2, 0) is 4.79 Å². The van der Waals surface area contributed by atoms with E-state index >= 15 is 0 Å². The van der Waals surface area contributed by atoms with Crippen molar-refractivity contribution in [2.45, 2.75) is 44.1 Å². The Morgan fingerprint density at radius 3 is 2.61 bits per heavy atom. The summed E-state index contributed by atoms with van der Waals surface area (Å²) >= 11 is 0. The van der Waals surface area contributed by atoms with Crippen LogP contribution in [0.25, 0.3) is 0 Å². The first-order chi connectivity index (χ1) is 15.1. The lowest BCUT2D eigenvalue weighted by molar-refractivity contribution is -0.124. The fraction of sp³-hybridized carbons (Fsp3) is 0.385. The molecule has 31 heavy (non-hydrogen) atoms. The standard InChI is InChI=1S/C26H30N2O3/c1-28-24(19-12-14-20(31-2)15-13-19)23(21-10-6-7-11-22(21)26(28)30)25(29)27-17-16-18-8-4-3-5-9-18/h6-8,10-15,23-24H,3-5,9,16-17H2,1-2H3,(H,27,29)/t23-,24-/m1/s1. The van der Waals surface area contributed by atoms with Crippen LogP contribution in [0.4, 0.5) is 0 Å². The third-order valence-corrected chi connectivity index (χ3v) is 6.45. The largest absolute Gasteiger partial charge is 0.497 e. The Labute approximate surface area is 184 Å². The number of hydrogen-bond donors (Lipinski definition) is 1. The van der Waals surface area contributed by atoms with E-state index in [-0.39, 0.29) is 17.9 Å². The van der Waals surface area contributed by atoms with Crippen molar-refractivity contribution < 1.29 is 14.3 Å². The van der Waals surface area contributed by atoms with Crippen molar-refractivity contribution in [2.24, 2.45) is 0 Å². The summed E-state index contributed by atoms with van der Waals surface area (Å²) < 4.78 is 5.28. The second kappa shape index (κ2) is 9.38. The number of methoxy groups -OCH3 is 1. The number of nitrogens with zero attached hydrogens (tertiary/aromatic N) is 1. The van der Waals surface area contributed by atoms with Gasteiger partial charge in [-0.2, -0.15) is 0 Å². The maximum Gasteiger partial charge on any atom is 0.254 e. The van der Waals surface area contributed by atoms with Crippen molar-refractivity contribution in [3.8, 4) is 5.75 Å². The van der Waals surface area contributed by atoms with Crippen molar-refractivity contribution in [2.75, 3.05) is 20.7 Å². The lowest BCUT2D eigenvalue weighted by Gasteiger charge is -2.39. The molecule has 0 saturated heterocycles. The molecule has 2 atom stereocenters. The van der Waals surface area contributed by atoms with Crippen LogP contribution in [0.2, 0.25) is 0 Å². The van der Waals surface area contributed by atoms with Crippen molar-refractivity contribution in [3.63, 3.8) is 0 Å². The summed E-state index contributed by atoms with van der Waals surface area (Å²) in [6, 6.07) is 14.7. The molecule has 1 aliphatic heterocycles. The molecule has 0 spiro atoms. The summed E-state index contributed by atoms with van der Waals surface area (Å²) in [7, 11) is 3.40. The molecular weight excluding hydrogens is 388 g/mol. The summed E-state index contributed by atoms with van der Waals surface area (Å²) in [6.07, 6.45) is 7.99. The number of ether oxygens (including phenoxy) is 1. The topological polar surface area (TPSA) is 58.6 Å². The normalized spacial score (nSPS) is 20.6. The van der Waals surface area contributed by atoms with E-state index in [1.54, 1.807) is 19.1 Å². The average molecular weight is 419 g/mol. The van der Waals surface area contributed by atoms with Crippen LogP contribution in [0.15, 0.2) is 60.2 Å². The first-order valence-corrected chi connectivity index (χ1v) is 11.1. The van der Waals surface area contributed by atoms with Crippen molar-refractivity contribution >= 4 is 11.8 Å². The van der Waals surface area contributed by atoms with Gasteiger partial charge in [0.25, 0.3) is 5.91 Å². The summed E-state index contributed by atoms with van der Waals surface area (Å²) in [5.41, 5.74) is 3.75. The van der Waals surface area contributed by atoms with E-state index < -0.39 is 5.92 Å². The molecule has 0 radical (unpaired) electrons. The molecule has 2 aliphatic rings. The Morgan fingerprint density at radius 1 is 1.13 bits per heavy atom. The van der Waals surface area contributed by atoms with Gasteiger partial charge in [0.2, 0.25) is 5.91 Å². The van der Waals surface area contributed by atoms with Gasteiger partial charge < -0.3 is 15.0 Å². The number of fused-ring (bicyclic) bond motifs is 1. The van der Waals surface area contributed by atoms with E-state index in [4.69, 9.17) is 4.74 Å². The highest BCUT2D eigenvalue weighted by Crippen LogP contribution is 2.42. The molecule has 0 bridgehead atoms. The maximum absolute atomic E-state index is 13.5. The van der Waals surface area contributed by atoms with Gasteiger partial charge in [0.15, 0.2) is 0 Å². The molecule has 162 valence electrons. The van der Waals surface area contributed by atoms with Gasteiger partial charge in [0.1, 0.15) is 5.75 Å². The summed E-state index contributed by atoms with van der Waals surface area (Å²) in [5.74, 6) is 0.181. The third-order valence-electron chi connectivity index (χ3n) is 6.45. The van der Waals surface area contributed by atoms with Gasteiger partial charge in [-0.3, -0.25) is 9.59 Å². The first-order valence-electron chi connectivity index (χ1n) is 11.1. The Bertz CT molecular complexity index is 980. The van der Waals surface area contributed by atoms with E-state index in [9.17, 15) is 9.59 Å². The van der Waals surface area contributed by atoms with Crippen LogP contribution in [0.3, 0.4) is 0 Å². The minimum Gasteiger partial charge on any atom is -0.497 e. The fourth-order valence-corrected chi connectivity index (χ4v) is 4.76. The number of nitrogens with one attached hydrogen (secondary N) is 1. The molecular formula is C26H30N2O3. The van der Waals surface area contributed by atoms with Crippen molar-refractivity contribution in [3.05, 3.63) is 76.9 Å². The van der Waals surface area contributed by atoms with Crippen LogP contribution < -0.4 is 10.1 Å². The predicted octanol–water partition coefficient (Wildman–Crippen LogP) is 4.61. The molecule has 0 unspecified atom stereocenters. The molecule has 1 heterocycles. The predicted molar refractivity (Wildman–Crippen MR) is 121 cm³/mol. The Balaban J connectivity index is 1.62. The molecule has 5 heteroatoms. The monoisotopic (exact) mass is 418 g/mol. The van der Waals surface area contributed by atoms with Crippen LogP contribution >= 0.6 is 0 Å². The van der Waals surface area contributed by atoms with Gasteiger partial charge >= 0.3 is 0 Å². The number of amides is 2. The molecule has 0 fully saturated rings. The molecule has 2 aromatic rings. The van der Waals surface area contributed by atoms with E-state index in [0.29, 0.717) is 12.1 Å². The third kappa shape index (κ3) is 4.36. The zero-order valence-corrected chi connectivity index (χ0v) is 18.3. The average Bonchev–Trinajstić information content (AvgIpc) is 2.82. The van der Waals surface area contributed by atoms with Gasteiger partial charge in [-0.15, -0.1) is 0 Å².